The lowest BCUT2D eigenvalue weighted by atomic mass is 10.2. The van der Waals surface area contributed by atoms with Crippen LogP contribution in [-0.4, -0.2) is 17.6 Å². The van der Waals surface area contributed by atoms with Crippen molar-refractivity contribution in [2.45, 2.75) is 6.92 Å². The molecule has 0 saturated carbocycles. The number of benzene rings is 2. The standard InChI is InChI=1S/C16H13IN2O3/c1-2-21-16(20)12-7-11(18)8-13-14(12)22-15(19-13)9-4-3-5-10(17)6-9/h3-8H,2,18H2,1H3. The zero-order valence-corrected chi connectivity index (χ0v) is 14.0. The molecule has 3 rings (SSSR count). The molecule has 5 nitrogen and oxygen atoms in total. The second-order valence-electron chi connectivity index (χ2n) is 4.67. The molecule has 22 heavy (non-hydrogen) atoms. The first-order chi connectivity index (χ1) is 10.6. The smallest absolute Gasteiger partial charge is 0.342 e. The first kappa shape index (κ1) is 14.8. The number of carbonyl (C=O) groups is 1. The van der Waals surface area contributed by atoms with Crippen molar-refractivity contribution in [3.05, 3.63) is 45.5 Å². The van der Waals surface area contributed by atoms with Crippen LogP contribution in [0, 0.1) is 3.57 Å². The van der Waals surface area contributed by atoms with E-state index in [9.17, 15) is 4.79 Å². The highest BCUT2D eigenvalue weighted by Crippen LogP contribution is 2.29. The fraction of sp³-hybridized carbons (Fsp3) is 0.125. The maximum absolute atomic E-state index is 12.0. The van der Waals surface area contributed by atoms with Crippen molar-refractivity contribution in [2.75, 3.05) is 12.3 Å². The second kappa shape index (κ2) is 5.96. The van der Waals surface area contributed by atoms with Crippen LogP contribution in [0.3, 0.4) is 0 Å². The predicted molar refractivity (Wildman–Crippen MR) is 92.5 cm³/mol. The van der Waals surface area contributed by atoms with Crippen molar-refractivity contribution in [1.29, 1.82) is 0 Å². The predicted octanol–water partition coefficient (Wildman–Crippen LogP) is 3.86. The number of rotatable bonds is 3. The van der Waals surface area contributed by atoms with Crippen molar-refractivity contribution in [1.82, 2.24) is 4.98 Å². The molecule has 0 aliphatic carbocycles. The van der Waals surface area contributed by atoms with Gasteiger partial charge in [0.2, 0.25) is 5.89 Å². The number of ether oxygens (including phenoxy) is 1. The van der Waals surface area contributed by atoms with Crippen LogP contribution >= 0.6 is 22.6 Å². The number of esters is 1. The van der Waals surface area contributed by atoms with Gasteiger partial charge in [-0.3, -0.25) is 0 Å². The van der Waals surface area contributed by atoms with Crippen LogP contribution in [0.25, 0.3) is 22.6 Å². The number of fused-ring (bicyclic) bond motifs is 1. The number of nitrogen functional groups attached to an aromatic ring is 1. The molecule has 1 heterocycles. The molecule has 0 radical (unpaired) electrons. The summed E-state index contributed by atoms with van der Waals surface area (Å²) in [5.41, 5.74) is 8.35. The molecule has 0 fully saturated rings. The molecule has 0 unspecified atom stereocenters. The van der Waals surface area contributed by atoms with Gasteiger partial charge in [-0.25, -0.2) is 9.78 Å². The molecule has 3 aromatic rings. The summed E-state index contributed by atoms with van der Waals surface area (Å²) < 4.78 is 11.9. The number of aromatic nitrogens is 1. The van der Waals surface area contributed by atoms with Crippen LogP contribution in [-0.2, 0) is 4.74 Å². The molecule has 1 aromatic heterocycles. The number of hydrogen-bond acceptors (Lipinski definition) is 5. The Morgan fingerprint density at radius 1 is 1.36 bits per heavy atom. The van der Waals surface area contributed by atoms with Crippen LogP contribution in [0.2, 0.25) is 0 Å². The van der Waals surface area contributed by atoms with Gasteiger partial charge in [-0.15, -0.1) is 0 Å². The lowest BCUT2D eigenvalue weighted by molar-refractivity contribution is 0.0527. The summed E-state index contributed by atoms with van der Waals surface area (Å²) >= 11 is 2.22. The van der Waals surface area contributed by atoms with Crippen molar-refractivity contribution in [3.8, 4) is 11.5 Å². The molecule has 112 valence electrons. The van der Waals surface area contributed by atoms with Crippen LogP contribution in [0.15, 0.2) is 40.8 Å². The lowest BCUT2D eigenvalue weighted by Gasteiger charge is -2.02. The quantitative estimate of drug-likeness (QED) is 0.405. The van der Waals surface area contributed by atoms with E-state index in [0.29, 0.717) is 28.2 Å². The zero-order chi connectivity index (χ0) is 15.7. The first-order valence-electron chi connectivity index (χ1n) is 6.71. The van der Waals surface area contributed by atoms with Gasteiger partial charge in [0.15, 0.2) is 5.58 Å². The number of nitrogens with zero attached hydrogens (tertiary/aromatic N) is 1. The van der Waals surface area contributed by atoms with Gasteiger partial charge in [-0.05, 0) is 59.8 Å². The van der Waals surface area contributed by atoms with E-state index in [1.54, 1.807) is 19.1 Å². The third-order valence-corrected chi connectivity index (χ3v) is 3.75. The maximum Gasteiger partial charge on any atom is 0.342 e. The van der Waals surface area contributed by atoms with Crippen LogP contribution in [0.4, 0.5) is 5.69 Å². The Balaban J connectivity index is 2.17. The Morgan fingerprint density at radius 3 is 2.91 bits per heavy atom. The molecule has 2 aromatic carbocycles. The maximum atomic E-state index is 12.0. The molecular formula is C16H13IN2O3. The van der Waals surface area contributed by atoms with E-state index in [0.717, 1.165) is 9.13 Å². The summed E-state index contributed by atoms with van der Waals surface area (Å²) in [6.45, 7) is 2.03. The van der Waals surface area contributed by atoms with Gasteiger partial charge < -0.3 is 14.9 Å². The van der Waals surface area contributed by atoms with E-state index in [4.69, 9.17) is 14.9 Å². The second-order valence-corrected chi connectivity index (χ2v) is 5.91. The van der Waals surface area contributed by atoms with E-state index in [2.05, 4.69) is 27.6 Å². The van der Waals surface area contributed by atoms with Crippen molar-refractivity contribution in [3.63, 3.8) is 0 Å². The SMILES string of the molecule is CCOC(=O)c1cc(N)cc2nc(-c3cccc(I)c3)oc12. The first-order valence-corrected chi connectivity index (χ1v) is 7.79. The third-order valence-electron chi connectivity index (χ3n) is 3.08. The molecule has 0 aliphatic heterocycles. The Labute approximate surface area is 140 Å². The lowest BCUT2D eigenvalue weighted by Crippen LogP contribution is -2.05. The van der Waals surface area contributed by atoms with Gasteiger partial charge in [-0.2, -0.15) is 0 Å². The summed E-state index contributed by atoms with van der Waals surface area (Å²) in [6.07, 6.45) is 0. The largest absolute Gasteiger partial charge is 0.462 e. The minimum Gasteiger partial charge on any atom is -0.462 e. The van der Waals surface area contributed by atoms with Crippen LogP contribution < -0.4 is 5.73 Å². The molecule has 0 saturated heterocycles. The van der Waals surface area contributed by atoms with E-state index in [1.165, 1.54) is 0 Å². The van der Waals surface area contributed by atoms with Gasteiger partial charge in [0.1, 0.15) is 11.1 Å². The fourth-order valence-corrected chi connectivity index (χ4v) is 2.70. The minimum atomic E-state index is -0.467. The highest BCUT2D eigenvalue weighted by molar-refractivity contribution is 14.1. The normalized spacial score (nSPS) is 10.8. The number of halogens is 1. The number of oxazole rings is 1. The van der Waals surface area contributed by atoms with Crippen LogP contribution in [0.1, 0.15) is 17.3 Å². The van der Waals surface area contributed by atoms with Crippen molar-refractivity contribution >= 4 is 45.3 Å². The Hall–Kier alpha value is -2.09. The van der Waals surface area contributed by atoms with Crippen molar-refractivity contribution in [2.24, 2.45) is 0 Å². The number of anilines is 1. The summed E-state index contributed by atoms with van der Waals surface area (Å²) in [7, 11) is 0. The zero-order valence-electron chi connectivity index (χ0n) is 11.8. The molecule has 0 bridgehead atoms. The minimum absolute atomic E-state index is 0.285. The van der Waals surface area contributed by atoms with Gasteiger partial charge in [-0.1, -0.05) is 6.07 Å². The Morgan fingerprint density at radius 2 is 2.18 bits per heavy atom. The molecular weight excluding hydrogens is 395 g/mol. The Kier molecular flexibility index (Phi) is 4.02. The van der Waals surface area contributed by atoms with E-state index >= 15 is 0 Å². The van der Waals surface area contributed by atoms with Gasteiger partial charge in [0.25, 0.3) is 0 Å². The number of hydrogen-bond donors (Lipinski definition) is 1. The average Bonchev–Trinajstić information content (AvgIpc) is 2.90. The van der Waals surface area contributed by atoms with Crippen LogP contribution in [0.5, 0.6) is 0 Å². The van der Waals surface area contributed by atoms with Gasteiger partial charge in [0, 0.05) is 14.8 Å². The summed E-state index contributed by atoms with van der Waals surface area (Å²) in [6, 6.07) is 11.0. The number of nitrogens with two attached hydrogens (primary N) is 1. The van der Waals surface area contributed by atoms with E-state index in [1.807, 2.05) is 24.3 Å². The molecule has 0 amide bonds. The Bertz CT molecular complexity index is 858. The summed E-state index contributed by atoms with van der Waals surface area (Å²) in [5.74, 6) is -0.0187. The molecule has 0 atom stereocenters. The molecule has 0 aliphatic rings. The van der Waals surface area contributed by atoms with Gasteiger partial charge >= 0.3 is 5.97 Å². The fourth-order valence-electron chi connectivity index (χ4n) is 2.16. The van der Waals surface area contributed by atoms with E-state index in [-0.39, 0.29) is 6.61 Å². The average molecular weight is 408 g/mol. The highest BCUT2D eigenvalue weighted by atomic mass is 127. The molecule has 2 N–H and O–H groups in total. The third kappa shape index (κ3) is 2.78. The van der Waals surface area contributed by atoms with Crippen molar-refractivity contribution < 1.29 is 13.9 Å². The molecule has 0 spiro atoms. The number of carbonyl (C=O) groups excluding carboxylic acids is 1. The van der Waals surface area contributed by atoms with Gasteiger partial charge in [0.05, 0.1) is 6.61 Å². The topological polar surface area (TPSA) is 78.4 Å². The summed E-state index contributed by atoms with van der Waals surface area (Å²) in [4.78, 5) is 16.5. The molecule has 6 heteroatoms. The highest BCUT2D eigenvalue weighted by Gasteiger charge is 2.18. The summed E-state index contributed by atoms with van der Waals surface area (Å²) in [5, 5.41) is 0. The van der Waals surface area contributed by atoms with E-state index < -0.39 is 5.97 Å². The monoisotopic (exact) mass is 408 g/mol.